The molecule has 0 radical (unpaired) electrons. The molecule has 0 aliphatic heterocycles. The van der Waals surface area contributed by atoms with Gasteiger partial charge in [-0.3, -0.25) is 0 Å². The molecule has 0 saturated heterocycles. The predicted octanol–water partition coefficient (Wildman–Crippen LogP) is 3.25. The van der Waals surface area contributed by atoms with Crippen LogP contribution in [-0.2, 0) is 16.6 Å². The molecule has 2 aromatic carbocycles. The molecule has 0 amide bonds. The summed E-state index contributed by atoms with van der Waals surface area (Å²) >= 11 is 0. The highest BCUT2D eigenvalue weighted by atomic mass is 32.2. The molecular formula is C18H20N2O2S. The van der Waals surface area contributed by atoms with E-state index in [1.807, 2.05) is 62.3 Å². The molecule has 3 aromatic rings. The number of aromatic nitrogens is 1. The van der Waals surface area contributed by atoms with E-state index in [9.17, 15) is 8.42 Å². The summed E-state index contributed by atoms with van der Waals surface area (Å²) < 4.78 is 27.4. The fourth-order valence-corrected chi connectivity index (χ4v) is 4.10. The quantitative estimate of drug-likeness (QED) is 0.738. The van der Waals surface area contributed by atoms with Crippen LogP contribution in [0, 0.1) is 6.92 Å². The van der Waals surface area contributed by atoms with E-state index in [1.165, 1.54) is 3.97 Å². The molecule has 0 spiro atoms. The van der Waals surface area contributed by atoms with Gasteiger partial charge >= 0.3 is 0 Å². The van der Waals surface area contributed by atoms with Crippen LogP contribution in [0.3, 0.4) is 0 Å². The number of nitrogens with zero attached hydrogens (tertiary/aromatic N) is 2. The van der Waals surface area contributed by atoms with Crippen molar-refractivity contribution in [2.24, 2.45) is 0 Å². The molecule has 1 heterocycles. The molecule has 0 saturated carbocycles. The second-order valence-corrected chi connectivity index (χ2v) is 7.84. The Morgan fingerprint density at radius 1 is 1.00 bits per heavy atom. The molecule has 1 aromatic heterocycles. The number of rotatable bonds is 4. The Labute approximate surface area is 137 Å². The number of fused-ring (bicyclic) bond motifs is 1. The molecule has 5 heteroatoms. The lowest BCUT2D eigenvalue weighted by Crippen LogP contribution is -2.13. The third-order valence-electron chi connectivity index (χ3n) is 3.82. The minimum atomic E-state index is -3.60. The van der Waals surface area contributed by atoms with Crippen LogP contribution in [0.25, 0.3) is 10.9 Å². The van der Waals surface area contributed by atoms with Crippen LogP contribution in [0.4, 0.5) is 0 Å². The minimum absolute atomic E-state index is 0.306. The molecule has 0 fully saturated rings. The first-order valence-electron chi connectivity index (χ1n) is 7.45. The van der Waals surface area contributed by atoms with Gasteiger partial charge in [-0.2, -0.15) is 0 Å². The van der Waals surface area contributed by atoms with Gasteiger partial charge in [-0.25, -0.2) is 12.4 Å². The second kappa shape index (κ2) is 5.83. The van der Waals surface area contributed by atoms with Gasteiger partial charge < -0.3 is 4.90 Å². The van der Waals surface area contributed by atoms with Crippen LogP contribution in [0.1, 0.15) is 11.1 Å². The summed E-state index contributed by atoms with van der Waals surface area (Å²) in [4.78, 5) is 2.34. The molecule has 23 heavy (non-hydrogen) atoms. The standard InChI is InChI=1S/C18H20N2O2S/c1-14-8-10-16(11-9-14)23(21,22)20-13-15(12-19(2)3)17-6-4-5-7-18(17)20/h4-11,13H,12H2,1-3H3. The van der Waals surface area contributed by atoms with E-state index in [4.69, 9.17) is 0 Å². The van der Waals surface area contributed by atoms with E-state index in [-0.39, 0.29) is 0 Å². The summed E-state index contributed by atoms with van der Waals surface area (Å²) in [5.41, 5.74) is 2.75. The van der Waals surface area contributed by atoms with Crippen molar-refractivity contribution in [2.75, 3.05) is 14.1 Å². The van der Waals surface area contributed by atoms with Crippen LogP contribution < -0.4 is 0 Å². The third-order valence-corrected chi connectivity index (χ3v) is 5.51. The zero-order valence-corrected chi connectivity index (χ0v) is 14.3. The second-order valence-electron chi connectivity index (χ2n) is 6.02. The van der Waals surface area contributed by atoms with Crippen molar-refractivity contribution in [2.45, 2.75) is 18.4 Å². The van der Waals surface area contributed by atoms with E-state index in [2.05, 4.69) is 0 Å². The summed E-state index contributed by atoms with van der Waals surface area (Å²) in [6.07, 6.45) is 1.74. The Bertz CT molecular complexity index is 939. The molecule has 0 atom stereocenters. The van der Waals surface area contributed by atoms with Gasteiger partial charge in [0.25, 0.3) is 10.0 Å². The Balaban J connectivity index is 2.21. The average molecular weight is 328 g/mol. The van der Waals surface area contributed by atoms with Gasteiger partial charge in [0.15, 0.2) is 0 Å². The Hall–Kier alpha value is -2.11. The molecular weight excluding hydrogens is 308 g/mol. The molecule has 120 valence electrons. The lowest BCUT2D eigenvalue weighted by Gasteiger charge is -2.08. The lowest BCUT2D eigenvalue weighted by molar-refractivity contribution is 0.404. The number of aryl methyl sites for hydroxylation is 1. The van der Waals surface area contributed by atoms with Crippen LogP contribution in [0.5, 0.6) is 0 Å². The highest BCUT2D eigenvalue weighted by molar-refractivity contribution is 7.90. The predicted molar refractivity (Wildman–Crippen MR) is 93.1 cm³/mol. The maximum Gasteiger partial charge on any atom is 0.268 e. The summed E-state index contributed by atoms with van der Waals surface area (Å²) in [5.74, 6) is 0. The van der Waals surface area contributed by atoms with Gasteiger partial charge in [0.1, 0.15) is 0 Å². The van der Waals surface area contributed by atoms with E-state index >= 15 is 0 Å². The first-order chi connectivity index (χ1) is 10.9. The molecule has 0 bridgehead atoms. The maximum absolute atomic E-state index is 13.0. The summed E-state index contributed by atoms with van der Waals surface area (Å²) in [6.45, 7) is 2.63. The highest BCUT2D eigenvalue weighted by Crippen LogP contribution is 2.26. The highest BCUT2D eigenvalue weighted by Gasteiger charge is 2.21. The summed E-state index contributed by atoms with van der Waals surface area (Å²) in [6, 6.07) is 14.6. The van der Waals surface area contributed by atoms with Gasteiger partial charge in [0, 0.05) is 18.1 Å². The van der Waals surface area contributed by atoms with Crippen LogP contribution in [-0.4, -0.2) is 31.4 Å². The summed E-state index contributed by atoms with van der Waals surface area (Å²) in [7, 11) is 0.346. The van der Waals surface area contributed by atoms with Gasteiger partial charge in [-0.15, -0.1) is 0 Å². The fourth-order valence-electron chi connectivity index (χ4n) is 2.71. The molecule has 4 nitrogen and oxygen atoms in total. The Morgan fingerprint density at radius 2 is 1.65 bits per heavy atom. The van der Waals surface area contributed by atoms with Crippen molar-refractivity contribution in [1.82, 2.24) is 8.87 Å². The smallest absolute Gasteiger partial charge is 0.268 e. The van der Waals surface area contributed by atoms with Crippen LogP contribution in [0.15, 0.2) is 59.6 Å². The maximum atomic E-state index is 13.0. The topological polar surface area (TPSA) is 42.3 Å². The van der Waals surface area contributed by atoms with E-state index in [0.717, 1.165) is 16.5 Å². The van der Waals surface area contributed by atoms with Crippen molar-refractivity contribution >= 4 is 20.9 Å². The van der Waals surface area contributed by atoms with Gasteiger partial charge in [0.2, 0.25) is 0 Å². The number of hydrogen-bond acceptors (Lipinski definition) is 3. The Morgan fingerprint density at radius 3 is 2.30 bits per heavy atom. The zero-order valence-electron chi connectivity index (χ0n) is 13.5. The normalized spacial score (nSPS) is 12.2. The lowest BCUT2D eigenvalue weighted by atomic mass is 10.2. The monoisotopic (exact) mass is 328 g/mol. The SMILES string of the molecule is Cc1ccc(S(=O)(=O)n2cc(CN(C)C)c3ccccc32)cc1. The largest absolute Gasteiger partial charge is 0.305 e. The number of benzene rings is 2. The zero-order chi connectivity index (χ0) is 16.6. The van der Waals surface area contributed by atoms with Crippen LogP contribution >= 0.6 is 0 Å². The first-order valence-corrected chi connectivity index (χ1v) is 8.89. The average Bonchev–Trinajstić information content (AvgIpc) is 2.87. The Kier molecular flexibility index (Phi) is 4.00. The fraction of sp³-hybridized carbons (Fsp3) is 0.222. The molecule has 0 unspecified atom stereocenters. The number of hydrogen-bond donors (Lipinski definition) is 0. The molecule has 3 rings (SSSR count). The third kappa shape index (κ3) is 2.90. The van der Waals surface area contributed by atoms with E-state index in [1.54, 1.807) is 18.3 Å². The van der Waals surface area contributed by atoms with E-state index < -0.39 is 10.0 Å². The van der Waals surface area contributed by atoms with Gasteiger partial charge in [0.05, 0.1) is 10.4 Å². The van der Waals surface area contributed by atoms with Crippen molar-refractivity contribution in [3.05, 3.63) is 65.9 Å². The van der Waals surface area contributed by atoms with Crippen molar-refractivity contribution in [3.8, 4) is 0 Å². The van der Waals surface area contributed by atoms with Gasteiger partial charge in [-0.05, 0) is 44.8 Å². The van der Waals surface area contributed by atoms with Gasteiger partial charge in [-0.1, -0.05) is 35.9 Å². The molecule has 0 N–H and O–H groups in total. The molecule has 0 aliphatic carbocycles. The van der Waals surface area contributed by atoms with Crippen molar-refractivity contribution < 1.29 is 8.42 Å². The van der Waals surface area contributed by atoms with Crippen molar-refractivity contribution in [1.29, 1.82) is 0 Å². The van der Waals surface area contributed by atoms with Crippen molar-refractivity contribution in [3.63, 3.8) is 0 Å². The first kappa shape index (κ1) is 15.8. The van der Waals surface area contributed by atoms with E-state index in [0.29, 0.717) is 17.0 Å². The van der Waals surface area contributed by atoms with Crippen LogP contribution in [0.2, 0.25) is 0 Å². The summed E-state index contributed by atoms with van der Waals surface area (Å²) in [5, 5.41) is 0.969. The number of para-hydroxylation sites is 1. The molecule has 0 aliphatic rings. The minimum Gasteiger partial charge on any atom is -0.305 e.